The van der Waals surface area contributed by atoms with Crippen LogP contribution >= 0.6 is 34.9 Å². The molecule has 2 aliphatic rings. The average Bonchev–Trinajstić information content (AvgIpc) is 3.40. The number of thioether (sulfide) groups is 2. The number of hydrogen-bond acceptors (Lipinski definition) is 13. The Labute approximate surface area is 206 Å². The molecule has 5 N–H and O–H groups in total. The van der Waals surface area contributed by atoms with Crippen LogP contribution in [0.4, 0.5) is 9.93 Å². The van der Waals surface area contributed by atoms with E-state index in [1.54, 1.807) is 11.2 Å². The van der Waals surface area contributed by atoms with Crippen LogP contribution in [0.5, 0.6) is 0 Å². The largest absolute Gasteiger partial charge is 0.444 e. The Balaban J connectivity index is 1.57. The molecular weight excluding hydrogens is 490 g/mol. The summed E-state index contributed by atoms with van der Waals surface area (Å²) in [6, 6.07) is -0.622. The van der Waals surface area contributed by atoms with Crippen molar-refractivity contribution >= 4 is 46.1 Å². The second kappa shape index (κ2) is 10.8. The lowest BCUT2D eigenvalue weighted by Gasteiger charge is -2.43. The van der Waals surface area contributed by atoms with E-state index in [2.05, 4.69) is 10.2 Å². The molecule has 0 saturated carbocycles. The molecule has 0 bridgehead atoms. The number of nitrogens with zero attached hydrogens (tertiary/aromatic N) is 4. The summed E-state index contributed by atoms with van der Waals surface area (Å²) < 4.78 is 11.9. The predicted octanol–water partition coefficient (Wildman–Crippen LogP) is 0.531. The van der Waals surface area contributed by atoms with Crippen molar-refractivity contribution in [3.8, 4) is 0 Å². The number of carbonyl (C=O) groups excluding carboxylic acids is 1. The number of amides is 1. The van der Waals surface area contributed by atoms with E-state index in [9.17, 15) is 20.1 Å². The standard InChI is InChI=1S/C19H33N5O6S3/c1-9(10(20)14-12(26)11(25)13(27)15(29-14)31-5)32-17-22-21-16(33-17)23-6-7-24(8-23)18(28)30-19(2,3)4/h9-15,25-27H,6-8,20H2,1-5H3/t9-,10+,11?,12?,13+,14+,15?/m0/s1. The van der Waals surface area contributed by atoms with Gasteiger partial charge in [-0.05, 0) is 27.0 Å². The Morgan fingerprint density at radius 2 is 1.94 bits per heavy atom. The first kappa shape index (κ1) is 26.7. The van der Waals surface area contributed by atoms with Gasteiger partial charge in [0.15, 0.2) is 4.34 Å². The monoisotopic (exact) mass is 523 g/mol. The molecule has 3 rings (SSSR count). The fourth-order valence-electron chi connectivity index (χ4n) is 3.49. The van der Waals surface area contributed by atoms with Crippen molar-refractivity contribution in [3.05, 3.63) is 0 Å². The lowest BCUT2D eigenvalue weighted by atomic mass is 9.94. The molecule has 7 atom stereocenters. The molecule has 1 amide bonds. The summed E-state index contributed by atoms with van der Waals surface area (Å²) in [5, 5.41) is 39.6. The first-order valence-corrected chi connectivity index (χ1v) is 13.6. The van der Waals surface area contributed by atoms with Gasteiger partial charge < -0.3 is 35.4 Å². The normalized spacial score (nSPS) is 30.4. The third-order valence-corrected chi connectivity index (χ3v) is 8.49. The number of rotatable bonds is 6. The van der Waals surface area contributed by atoms with Crippen LogP contribution in [0.15, 0.2) is 4.34 Å². The van der Waals surface area contributed by atoms with Crippen LogP contribution in [0.25, 0.3) is 0 Å². The van der Waals surface area contributed by atoms with E-state index < -0.39 is 41.5 Å². The van der Waals surface area contributed by atoms with E-state index in [1.165, 1.54) is 34.9 Å². The first-order chi connectivity index (χ1) is 15.4. The molecule has 0 aromatic carbocycles. The molecule has 3 unspecified atom stereocenters. The summed E-state index contributed by atoms with van der Waals surface area (Å²) in [5.41, 5.74) is 5.14. The zero-order valence-corrected chi connectivity index (χ0v) is 21.8. The van der Waals surface area contributed by atoms with E-state index in [4.69, 9.17) is 15.2 Å². The number of hydrogen-bond donors (Lipinski definition) is 4. The molecule has 0 radical (unpaired) electrons. The number of nitrogens with two attached hydrogens (primary N) is 1. The van der Waals surface area contributed by atoms with E-state index in [0.29, 0.717) is 29.2 Å². The van der Waals surface area contributed by atoms with Crippen LogP contribution in [-0.2, 0) is 9.47 Å². The Morgan fingerprint density at radius 3 is 2.58 bits per heavy atom. The van der Waals surface area contributed by atoms with Crippen LogP contribution in [0.2, 0.25) is 0 Å². The first-order valence-electron chi connectivity index (χ1n) is 10.6. The van der Waals surface area contributed by atoms with E-state index >= 15 is 0 Å². The Hall–Kier alpha value is -0.870. The molecule has 11 nitrogen and oxygen atoms in total. The van der Waals surface area contributed by atoms with Crippen LogP contribution < -0.4 is 10.6 Å². The van der Waals surface area contributed by atoms with Gasteiger partial charge in [0.25, 0.3) is 0 Å². The number of ether oxygens (including phenoxy) is 2. The SMILES string of the molecule is CSC1O[C@H]([C@H](N)[C@H](C)Sc2nnc(N3CCN(C(=O)OC(C)(C)C)C3)s2)C(O)C(O)[C@H]1O. The third kappa shape index (κ3) is 6.42. The van der Waals surface area contributed by atoms with Gasteiger partial charge in [-0.2, -0.15) is 0 Å². The predicted molar refractivity (Wildman–Crippen MR) is 129 cm³/mol. The summed E-state index contributed by atoms with van der Waals surface area (Å²) in [6.45, 7) is 8.94. The lowest BCUT2D eigenvalue weighted by molar-refractivity contribution is -0.202. The quantitative estimate of drug-likeness (QED) is 0.384. The van der Waals surface area contributed by atoms with Gasteiger partial charge in [0.1, 0.15) is 35.5 Å². The number of anilines is 1. The van der Waals surface area contributed by atoms with Crippen LogP contribution in [0.1, 0.15) is 27.7 Å². The summed E-state index contributed by atoms with van der Waals surface area (Å²) in [5.74, 6) is 0. The molecule has 2 fully saturated rings. The number of aliphatic hydroxyl groups excluding tert-OH is 3. The second-order valence-electron chi connectivity index (χ2n) is 9.08. The Kier molecular flexibility index (Phi) is 8.76. The van der Waals surface area contributed by atoms with Gasteiger partial charge in [0.2, 0.25) is 5.13 Å². The number of aromatic nitrogens is 2. The molecule has 1 aromatic rings. The van der Waals surface area contributed by atoms with Crippen LogP contribution in [-0.4, -0.2) is 109 Å². The van der Waals surface area contributed by atoms with Gasteiger partial charge in [0.05, 0.1) is 6.67 Å². The molecule has 1 aromatic heterocycles. The molecule has 2 saturated heterocycles. The summed E-state index contributed by atoms with van der Waals surface area (Å²) in [6.07, 6.45) is -3.25. The van der Waals surface area contributed by atoms with Crippen molar-refractivity contribution in [1.29, 1.82) is 0 Å². The number of carbonyl (C=O) groups is 1. The highest BCUT2D eigenvalue weighted by atomic mass is 32.2. The molecule has 14 heteroatoms. The van der Waals surface area contributed by atoms with Gasteiger partial charge in [-0.25, -0.2) is 4.79 Å². The van der Waals surface area contributed by atoms with Crippen molar-refractivity contribution in [1.82, 2.24) is 15.1 Å². The molecule has 188 valence electrons. The summed E-state index contributed by atoms with van der Waals surface area (Å²) >= 11 is 4.04. The van der Waals surface area contributed by atoms with Crippen LogP contribution in [0.3, 0.4) is 0 Å². The Bertz CT molecular complexity index is 809. The van der Waals surface area contributed by atoms with Gasteiger partial charge in [0, 0.05) is 24.4 Å². The minimum absolute atomic E-state index is 0.216. The summed E-state index contributed by atoms with van der Waals surface area (Å²) in [7, 11) is 0. The zero-order valence-electron chi connectivity index (χ0n) is 19.3. The van der Waals surface area contributed by atoms with E-state index in [0.717, 1.165) is 0 Å². The van der Waals surface area contributed by atoms with E-state index in [1.807, 2.05) is 32.6 Å². The smallest absolute Gasteiger partial charge is 0.411 e. The number of aliphatic hydroxyl groups is 3. The maximum atomic E-state index is 12.3. The van der Waals surface area contributed by atoms with Gasteiger partial charge in [-0.3, -0.25) is 4.90 Å². The average molecular weight is 524 g/mol. The lowest BCUT2D eigenvalue weighted by Crippen LogP contribution is -2.62. The molecule has 0 aliphatic carbocycles. The Morgan fingerprint density at radius 1 is 1.24 bits per heavy atom. The fraction of sp³-hybridized carbons (Fsp3) is 0.842. The van der Waals surface area contributed by atoms with Crippen molar-refractivity contribution < 1.29 is 29.6 Å². The van der Waals surface area contributed by atoms with Crippen molar-refractivity contribution in [2.45, 2.75) is 78.8 Å². The molecule has 0 spiro atoms. The third-order valence-electron chi connectivity index (χ3n) is 5.35. The van der Waals surface area contributed by atoms with Crippen LogP contribution in [0, 0.1) is 0 Å². The van der Waals surface area contributed by atoms with E-state index in [-0.39, 0.29) is 11.3 Å². The highest BCUT2D eigenvalue weighted by Gasteiger charge is 2.46. The fourth-order valence-corrected chi connectivity index (χ4v) is 6.36. The van der Waals surface area contributed by atoms with Crippen molar-refractivity contribution in [3.63, 3.8) is 0 Å². The molecule has 33 heavy (non-hydrogen) atoms. The minimum atomic E-state index is -1.33. The maximum absolute atomic E-state index is 12.3. The van der Waals surface area contributed by atoms with Crippen molar-refractivity contribution in [2.75, 3.05) is 30.9 Å². The second-order valence-corrected chi connectivity index (χ2v) is 12.6. The highest BCUT2D eigenvalue weighted by Crippen LogP contribution is 2.35. The minimum Gasteiger partial charge on any atom is -0.444 e. The van der Waals surface area contributed by atoms with Gasteiger partial charge in [-0.1, -0.05) is 30.0 Å². The maximum Gasteiger partial charge on any atom is 0.411 e. The molecular formula is C19H33N5O6S3. The van der Waals surface area contributed by atoms with Crippen molar-refractivity contribution in [2.24, 2.45) is 5.73 Å². The van der Waals surface area contributed by atoms with Gasteiger partial charge in [-0.15, -0.1) is 22.0 Å². The zero-order chi connectivity index (χ0) is 24.5. The highest BCUT2D eigenvalue weighted by molar-refractivity contribution is 8.01. The molecule has 2 aliphatic heterocycles. The summed E-state index contributed by atoms with van der Waals surface area (Å²) in [4.78, 5) is 15.9. The van der Waals surface area contributed by atoms with Gasteiger partial charge >= 0.3 is 6.09 Å². The molecule has 3 heterocycles. The topological polar surface area (TPSA) is 154 Å².